The van der Waals surface area contributed by atoms with Gasteiger partial charge in [-0.05, 0) is 17.5 Å². The summed E-state index contributed by atoms with van der Waals surface area (Å²) in [5, 5.41) is 12.3. The van der Waals surface area contributed by atoms with Gasteiger partial charge in [0.1, 0.15) is 11.5 Å². The number of furan rings is 1. The molecule has 2 atom stereocenters. The molecule has 1 saturated heterocycles. The SMILES string of the molecule is CCc1ccc(C(NC(=O)N2CCOC(CO)C2)C(C)(C)C)o1. The molecule has 0 radical (unpaired) electrons. The molecule has 1 fully saturated rings. The fourth-order valence-corrected chi connectivity index (χ4v) is 2.68. The van der Waals surface area contributed by atoms with Gasteiger partial charge in [0.05, 0.1) is 31.9 Å². The van der Waals surface area contributed by atoms with Crippen LogP contribution < -0.4 is 5.32 Å². The zero-order valence-electron chi connectivity index (χ0n) is 14.5. The molecule has 0 spiro atoms. The van der Waals surface area contributed by atoms with Crippen LogP contribution in [0.3, 0.4) is 0 Å². The Balaban J connectivity index is 2.10. The van der Waals surface area contributed by atoms with Gasteiger partial charge in [-0.3, -0.25) is 0 Å². The van der Waals surface area contributed by atoms with Crippen LogP contribution in [0.1, 0.15) is 45.3 Å². The largest absolute Gasteiger partial charge is 0.464 e. The van der Waals surface area contributed by atoms with Crippen molar-refractivity contribution in [1.82, 2.24) is 10.2 Å². The zero-order valence-corrected chi connectivity index (χ0v) is 14.5. The van der Waals surface area contributed by atoms with Crippen molar-refractivity contribution < 1.29 is 19.1 Å². The van der Waals surface area contributed by atoms with Crippen molar-refractivity contribution in [2.24, 2.45) is 5.41 Å². The first-order valence-electron chi connectivity index (χ1n) is 8.21. The number of carbonyl (C=O) groups is 1. The summed E-state index contributed by atoms with van der Waals surface area (Å²) in [5.41, 5.74) is -0.179. The van der Waals surface area contributed by atoms with E-state index in [-0.39, 0.29) is 30.2 Å². The number of aliphatic hydroxyl groups is 1. The maximum absolute atomic E-state index is 12.6. The van der Waals surface area contributed by atoms with E-state index < -0.39 is 0 Å². The van der Waals surface area contributed by atoms with Crippen molar-refractivity contribution in [2.45, 2.75) is 46.3 Å². The number of carbonyl (C=O) groups excluding carboxylic acids is 1. The monoisotopic (exact) mass is 324 g/mol. The normalized spacial score (nSPS) is 20.4. The molecule has 2 unspecified atom stereocenters. The Morgan fingerprint density at radius 3 is 2.78 bits per heavy atom. The minimum Gasteiger partial charge on any atom is -0.464 e. The molecular weight excluding hydrogens is 296 g/mol. The Kier molecular flexibility index (Phi) is 5.70. The number of aryl methyl sites for hydroxylation is 1. The number of ether oxygens (including phenoxy) is 1. The number of nitrogens with zero attached hydrogens (tertiary/aromatic N) is 1. The highest BCUT2D eigenvalue weighted by atomic mass is 16.5. The lowest BCUT2D eigenvalue weighted by Crippen LogP contribution is -2.52. The number of morpholine rings is 1. The van der Waals surface area contributed by atoms with E-state index in [2.05, 4.69) is 26.1 Å². The molecule has 0 bridgehead atoms. The first-order valence-corrected chi connectivity index (χ1v) is 8.21. The molecule has 0 saturated carbocycles. The number of aliphatic hydroxyl groups excluding tert-OH is 1. The van der Waals surface area contributed by atoms with Gasteiger partial charge >= 0.3 is 6.03 Å². The van der Waals surface area contributed by atoms with E-state index in [0.717, 1.165) is 17.9 Å². The average Bonchev–Trinajstić information content (AvgIpc) is 2.99. The van der Waals surface area contributed by atoms with Gasteiger partial charge in [0.2, 0.25) is 0 Å². The van der Waals surface area contributed by atoms with Gasteiger partial charge in [0.15, 0.2) is 0 Å². The molecule has 130 valence electrons. The highest BCUT2D eigenvalue weighted by Gasteiger charge is 2.33. The van der Waals surface area contributed by atoms with Gasteiger partial charge in [0.25, 0.3) is 0 Å². The molecular formula is C17H28N2O4. The first-order chi connectivity index (χ1) is 10.8. The van der Waals surface area contributed by atoms with Crippen molar-refractivity contribution in [1.29, 1.82) is 0 Å². The number of hydrogen-bond donors (Lipinski definition) is 2. The molecule has 1 aliphatic rings. The Morgan fingerprint density at radius 2 is 2.22 bits per heavy atom. The number of hydrogen-bond acceptors (Lipinski definition) is 4. The van der Waals surface area contributed by atoms with Crippen LogP contribution in [-0.4, -0.2) is 48.4 Å². The maximum atomic E-state index is 12.6. The van der Waals surface area contributed by atoms with Crippen molar-refractivity contribution in [3.63, 3.8) is 0 Å². The highest BCUT2D eigenvalue weighted by Crippen LogP contribution is 2.34. The molecule has 0 aromatic carbocycles. The predicted molar refractivity (Wildman–Crippen MR) is 87.2 cm³/mol. The Labute approximate surface area is 137 Å². The third kappa shape index (κ3) is 4.48. The molecule has 2 N–H and O–H groups in total. The van der Waals surface area contributed by atoms with Crippen LogP contribution in [0.5, 0.6) is 0 Å². The zero-order chi connectivity index (χ0) is 17.0. The highest BCUT2D eigenvalue weighted by molar-refractivity contribution is 5.75. The second kappa shape index (κ2) is 7.36. The molecule has 1 aliphatic heterocycles. The minimum atomic E-state index is -0.308. The number of amides is 2. The Hall–Kier alpha value is -1.53. The summed E-state index contributed by atoms with van der Waals surface area (Å²) in [6, 6.07) is 3.52. The molecule has 6 nitrogen and oxygen atoms in total. The lowest BCUT2D eigenvalue weighted by atomic mass is 9.85. The Morgan fingerprint density at radius 1 is 1.48 bits per heavy atom. The van der Waals surface area contributed by atoms with E-state index in [4.69, 9.17) is 9.15 Å². The topological polar surface area (TPSA) is 74.9 Å². The van der Waals surface area contributed by atoms with E-state index in [1.54, 1.807) is 4.90 Å². The van der Waals surface area contributed by atoms with Gasteiger partial charge in [-0.2, -0.15) is 0 Å². The van der Waals surface area contributed by atoms with Crippen molar-refractivity contribution in [3.8, 4) is 0 Å². The molecule has 2 amide bonds. The van der Waals surface area contributed by atoms with Gasteiger partial charge in [0, 0.05) is 13.0 Å². The van der Waals surface area contributed by atoms with Crippen molar-refractivity contribution in [3.05, 3.63) is 23.7 Å². The standard InChI is InChI=1S/C17H28N2O4/c1-5-12-6-7-14(23-12)15(17(2,3)4)18-16(21)19-8-9-22-13(10-19)11-20/h6-7,13,15,20H,5,8-11H2,1-4H3,(H,18,21). The van der Waals surface area contributed by atoms with Gasteiger partial charge in [-0.15, -0.1) is 0 Å². The quantitative estimate of drug-likeness (QED) is 0.891. The third-order valence-electron chi connectivity index (χ3n) is 4.08. The van der Waals surface area contributed by atoms with Crippen LogP contribution in [0.2, 0.25) is 0 Å². The van der Waals surface area contributed by atoms with Crippen LogP contribution in [0.15, 0.2) is 16.5 Å². The number of rotatable bonds is 4. The summed E-state index contributed by atoms with van der Waals surface area (Å²) in [5.74, 6) is 1.69. The summed E-state index contributed by atoms with van der Waals surface area (Å²) >= 11 is 0. The Bertz CT molecular complexity index is 521. The van der Waals surface area contributed by atoms with Gasteiger partial charge in [-0.25, -0.2) is 4.79 Å². The minimum absolute atomic E-state index is 0.0788. The van der Waals surface area contributed by atoms with Crippen molar-refractivity contribution in [2.75, 3.05) is 26.3 Å². The van der Waals surface area contributed by atoms with Crippen LogP contribution in [0, 0.1) is 5.41 Å². The summed E-state index contributed by atoms with van der Waals surface area (Å²) in [4.78, 5) is 14.3. The number of urea groups is 1. The van der Waals surface area contributed by atoms with E-state index in [1.165, 1.54) is 0 Å². The molecule has 1 aromatic rings. The summed E-state index contributed by atoms with van der Waals surface area (Å²) in [7, 11) is 0. The molecule has 0 aliphatic carbocycles. The molecule has 2 heterocycles. The lowest BCUT2D eigenvalue weighted by Gasteiger charge is -2.36. The van der Waals surface area contributed by atoms with E-state index in [9.17, 15) is 9.90 Å². The molecule has 1 aromatic heterocycles. The number of nitrogens with one attached hydrogen (secondary N) is 1. The van der Waals surface area contributed by atoms with Crippen molar-refractivity contribution >= 4 is 6.03 Å². The van der Waals surface area contributed by atoms with Crippen LogP contribution in [0.25, 0.3) is 0 Å². The van der Waals surface area contributed by atoms with E-state index in [0.29, 0.717) is 19.7 Å². The smallest absolute Gasteiger partial charge is 0.318 e. The summed E-state index contributed by atoms with van der Waals surface area (Å²) in [6.45, 7) is 9.54. The van der Waals surface area contributed by atoms with Crippen LogP contribution in [-0.2, 0) is 11.2 Å². The summed E-state index contributed by atoms with van der Waals surface area (Å²) < 4.78 is 11.2. The van der Waals surface area contributed by atoms with Gasteiger partial charge in [-0.1, -0.05) is 27.7 Å². The fraction of sp³-hybridized carbons (Fsp3) is 0.706. The second-order valence-electron chi connectivity index (χ2n) is 7.03. The second-order valence-corrected chi connectivity index (χ2v) is 7.03. The van der Waals surface area contributed by atoms with Crippen LogP contribution >= 0.6 is 0 Å². The fourth-order valence-electron chi connectivity index (χ4n) is 2.68. The molecule has 6 heteroatoms. The molecule has 2 rings (SSSR count). The van der Waals surface area contributed by atoms with Gasteiger partial charge < -0.3 is 24.5 Å². The van der Waals surface area contributed by atoms with Crippen LogP contribution in [0.4, 0.5) is 4.79 Å². The lowest BCUT2D eigenvalue weighted by molar-refractivity contribution is -0.0409. The third-order valence-corrected chi connectivity index (χ3v) is 4.08. The average molecular weight is 324 g/mol. The van der Waals surface area contributed by atoms with E-state index >= 15 is 0 Å². The first kappa shape index (κ1) is 17.8. The maximum Gasteiger partial charge on any atom is 0.318 e. The summed E-state index contributed by atoms with van der Waals surface area (Å²) in [6.07, 6.45) is 0.518. The van der Waals surface area contributed by atoms with E-state index in [1.807, 2.05) is 19.1 Å². The predicted octanol–water partition coefficient (Wildman–Crippen LogP) is 2.33. The molecule has 23 heavy (non-hydrogen) atoms.